The molecule has 1 aromatic rings. The predicted molar refractivity (Wildman–Crippen MR) is 58.7 cm³/mol. The summed E-state index contributed by atoms with van der Waals surface area (Å²) < 4.78 is 0. The summed E-state index contributed by atoms with van der Waals surface area (Å²) in [5.41, 5.74) is -0.704. The number of aliphatic hydroxyl groups is 1. The Labute approximate surface area is 89.1 Å². The van der Waals surface area contributed by atoms with E-state index in [2.05, 4.69) is 10.3 Å². The fraction of sp³-hybridized carbons (Fsp3) is 0.500. The first-order valence-electron chi connectivity index (χ1n) is 4.62. The molecule has 4 heteroatoms. The average molecular weight is 215 g/mol. The Morgan fingerprint density at radius 2 is 2.29 bits per heavy atom. The van der Waals surface area contributed by atoms with Crippen molar-refractivity contribution in [3.63, 3.8) is 0 Å². The Bertz CT molecular complexity index is 302. The zero-order chi connectivity index (χ0) is 10.6. The Hall–Kier alpha value is -0.800. The van der Waals surface area contributed by atoms with Crippen LogP contribution in [0.3, 0.4) is 0 Å². The summed E-state index contributed by atoms with van der Waals surface area (Å²) in [4.78, 5) is 4.05. The number of pyridine rings is 1. The molecule has 1 unspecified atom stereocenters. The van der Waals surface area contributed by atoms with E-state index in [4.69, 9.17) is 11.6 Å². The zero-order valence-corrected chi connectivity index (χ0v) is 9.17. The van der Waals surface area contributed by atoms with Crippen molar-refractivity contribution in [2.75, 3.05) is 11.9 Å². The van der Waals surface area contributed by atoms with Crippen LogP contribution in [0.5, 0.6) is 0 Å². The Balaban J connectivity index is 2.54. The predicted octanol–water partition coefficient (Wildman–Crippen LogP) is 2.31. The van der Waals surface area contributed by atoms with Gasteiger partial charge in [-0.2, -0.15) is 0 Å². The van der Waals surface area contributed by atoms with Crippen molar-refractivity contribution in [3.05, 3.63) is 23.4 Å². The quantitative estimate of drug-likeness (QED) is 0.757. The molecule has 78 valence electrons. The monoisotopic (exact) mass is 214 g/mol. The van der Waals surface area contributed by atoms with E-state index in [1.165, 1.54) is 0 Å². The maximum absolute atomic E-state index is 9.73. The number of hydrogen-bond donors (Lipinski definition) is 2. The minimum absolute atomic E-state index is 0.450. The lowest BCUT2D eigenvalue weighted by Gasteiger charge is -2.21. The molecule has 0 aliphatic heterocycles. The van der Waals surface area contributed by atoms with E-state index in [-0.39, 0.29) is 0 Å². The van der Waals surface area contributed by atoms with Crippen molar-refractivity contribution in [1.29, 1.82) is 0 Å². The van der Waals surface area contributed by atoms with Gasteiger partial charge in [0.1, 0.15) is 11.0 Å². The van der Waals surface area contributed by atoms with Crippen LogP contribution >= 0.6 is 11.6 Å². The molecule has 14 heavy (non-hydrogen) atoms. The standard InChI is InChI=1S/C10H15ClN2O/c1-3-10(2,14)7-12-9-6-4-5-8(11)13-9/h4-6,14H,3,7H2,1-2H3,(H,12,13). The van der Waals surface area contributed by atoms with Crippen molar-refractivity contribution < 1.29 is 5.11 Å². The van der Waals surface area contributed by atoms with Gasteiger partial charge in [-0.05, 0) is 25.5 Å². The topological polar surface area (TPSA) is 45.1 Å². The highest BCUT2D eigenvalue weighted by Gasteiger charge is 2.16. The normalized spacial score (nSPS) is 14.9. The Morgan fingerprint density at radius 3 is 2.86 bits per heavy atom. The number of nitrogens with one attached hydrogen (secondary N) is 1. The van der Waals surface area contributed by atoms with Gasteiger partial charge >= 0.3 is 0 Å². The SMILES string of the molecule is CCC(C)(O)CNc1cccc(Cl)n1. The van der Waals surface area contributed by atoms with Crippen molar-refractivity contribution in [1.82, 2.24) is 4.98 Å². The van der Waals surface area contributed by atoms with Gasteiger partial charge in [0, 0.05) is 6.54 Å². The van der Waals surface area contributed by atoms with E-state index in [1.54, 1.807) is 13.0 Å². The van der Waals surface area contributed by atoms with E-state index >= 15 is 0 Å². The second-order valence-electron chi connectivity index (χ2n) is 3.55. The van der Waals surface area contributed by atoms with E-state index in [0.29, 0.717) is 23.9 Å². The van der Waals surface area contributed by atoms with Gasteiger partial charge in [0.05, 0.1) is 5.60 Å². The molecule has 1 atom stereocenters. The van der Waals surface area contributed by atoms with Crippen LogP contribution in [0.25, 0.3) is 0 Å². The molecule has 0 aliphatic rings. The van der Waals surface area contributed by atoms with Crippen LogP contribution in [0.1, 0.15) is 20.3 Å². The highest BCUT2D eigenvalue weighted by Crippen LogP contribution is 2.12. The summed E-state index contributed by atoms with van der Waals surface area (Å²) in [6.45, 7) is 4.19. The zero-order valence-electron chi connectivity index (χ0n) is 8.42. The molecule has 0 spiro atoms. The van der Waals surface area contributed by atoms with Gasteiger partial charge in [-0.15, -0.1) is 0 Å². The fourth-order valence-electron chi connectivity index (χ4n) is 0.913. The molecule has 3 nitrogen and oxygen atoms in total. The third-order valence-electron chi connectivity index (χ3n) is 2.13. The maximum Gasteiger partial charge on any atom is 0.131 e. The third kappa shape index (κ3) is 3.52. The highest BCUT2D eigenvalue weighted by atomic mass is 35.5. The summed E-state index contributed by atoms with van der Waals surface area (Å²) >= 11 is 5.72. The van der Waals surface area contributed by atoms with Crippen LogP contribution < -0.4 is 5.32 Å². The van der Waals surface area contributed by atoms with Crippen molar-refractivity contribution in [3.8, 4) is 0 Å². The van der Waals surface area contributed by atoms with Crippen LogP contribution in [-0.2, 0) is 0 Å². The molecule has 0 radical (unpaired) electrons. The lowest BCUT2D eigenvalue weighted by atomic mass is 10.0. The Kier molecular flexibility index (Phi) is 3.72. The third-order valence-corrected chi connectivity index (χ3v) is 2.34. The molecule has 0 aliphatic carbocycles. The molecular weight excluding hydrogens is 200 g/mol. The number of nitrogens with zero attached hydrogens (tertiary/aromatic N) is 1. The van der Waals surface area contributed by atoms with Crippen LogP contribution in [0.2, 0.25) is 5.15 Å². The molecule has 0 saturated heterocycles. The lowest BCUT2D eigenvalue weighted by Crippen LogP contribution is -2.32. The first-order chi connectivity index (χ1) is 6.53. The Morgan fingerprint density at radius 1 is 1.57 bits per heavy atom. The molecule has 0 fully saturated rings. The summed E-state index contributed by atoms with van der Waals surface area (Å²) in [7, 11) is 0. The molecular formula is C10H15ClN2O. The highest BCUT2D eigenvalue weighted by molar-refractivity contribution is 6.29. The molecule has 0 saturated carbocycles. The summed E-state index contributed by atoms with van der Waals surface area (Å²) in [6, 6.07) is 5.35. The van der Waals surface area contributed by atoms with Gasteiger partial charge in [0.15, 0.2) is 0 Å². The number of rotatable bonds is 4. The molecule has 2 N–H and O–H groups in total. The summed E-state index contributed by atoms with van der Waals surface area (Å²) in [6.07, 6.45) is 0.695. The molecule has 1 heterocycles. The van der Waals surface area contributed by atoms with Gasteiger partial charge in [0.2, 0.25) is 0 Å². The summed E-state index contributed by atoms with van der Waals surface area (Å²) in [5.74, 6) is 0.686. The van der Waals surface area contributed by atoms with Gasteiger partial charge in [-0.1, -0.05) is 24.6 Å². The van der Waals surface area contributed by atoms with Crippen LogP contribution in [0.4, 0.5) is 5.82 Å². The molecule has 0 bridgehead atoms. The maximum atomic E-state index is 9.73. The minimum Gasteiger partial charge on any atom is -0.388 e. The van der Waals surface area contributed by atoms with Gasteiger partial charge < -0.3 is 10.4 Å². The molecule has 0 amide bonds. The van der Waals surface area contributed by atoms with Gasteiger partial charge in [-0.3, -0.25) is 0 Å². The second kappa shape index (κ2) is 4.62. The van der Waals surface area contributed by atoms with Crippen LogP contribution in [0.15, 0.2) is 18.2 Å². The van der Waals surface area contributed by atoms with E-state index in [9.17, 15) is 5.11 Å². The van der Waals surface area contributed by atoms with Crippen LogP contribution in [0, 0.1) is 0 Å². The first-order valence-corrected chi connectivity index (χ1v) is 5.00. The van der Waals surface area contributed by atoms with E-state index in [1.807, 2.05) is 19.1 Å². The van der Waals surface area contributed by atoms with Crippen molar-refractivity contribution in [2.24, 2.45) is 0 Å². The second-order valence-corrected chi connectivity index (χ2v) is 3.94. The number of anilines is 1. The number of hydrogen-bond acceptors (Lipinski definition) is 3. The molecule has 1 aromatic heterocycles. The number of aromatic nitrogens is 1. The largest absolute Gasteiger partial charge is 0.388 e. The number of halogens is 1. The molecule has 1 rings (SSSR count). The first kappa shape index (κ1) is 11.3. The molecule has 0 aromatic carbocycles. The van der Waals surface area contributed by atoms with E-state index in [0.717, 1.165) is 0 Å². The van der Waals surface area contributed by atoms with E-state index < -0.39 is 5.60 Å². The van der Waals surface area contributed by atoms with Crippen molar-refractivity contribution in [2.45, 2.75) is 25.9 Å². The smallest absolute Gasteiger partial charge is 0.131 e. The van der Waals surface area contributed by atoms with Gasteiger partial charge in [-0.25, -0.2) is 4.98 Å². The van der Waals surface area contributed by atoms with Gasteiger partial charge in [0.25, 0.3) is 0 Å². The van der Waals surface area contributed by atoms with Crippen LogP contribution in [-0.4, -0.2) is 22.2 Å². The minimum atomic E-state index is -0.704. The summed E-state index contributed by atoms with van der Waals surface area (Å²) in [5, 5.41) is 13.2. The lowest BCUT2D eigenvalue weighted by molar-refractivity contribution is 0.0696. The average Bonchev–Trinajstić information content (AvgIpc) is 2.15. The van der Waals surface area contributed by atoms with Crippen molar-refractivity contribution >= 4 is 17.4 Å². The fourth-order valence-corrected chi connectivity index (χ4v) is 1.08.